The van der Waals surface area contributed by atoms with Gasteiger partial charge in [-0.25, -0.2) is 0 Å². The minimum absolute atomic E-state index is 0.870. The summed E-state index contributed by atoms with van der Waals surface area (Å²) in [5.74, 6) is 2.77. The Morgan fingerprint density at radius 3 is 3.15 bits per heavy atom. The fraction of sp³-hybridized carbons (Fsp3) is 0.909. The lowest BCUT2D eigenvalue weighted by Crippen LogP contribution is -2.33. The molecule has 1 saturated carbocycles. The predicted octanol–water partition coefficient (Wildman–Crippen LogP) is 1.47. The molecule has 0 radical (unpaired) electrons. The number of nitrogens with one attached hydrogen (secondary N) is 1. The van der Waals surface area contributed by atoms with Gasteiger partial charge in [0.2, 0.25) is 0 Å². The van der Waals surface area contributed by atoms with Crippen molar-refractivity contribution < 1.29 is 0 Å². The van der Waals surface area contributed by atoms with Crippen LogP contribution in [0.15, 0.2) is 4.99 Å². The lowest BCUT2D eigenvalue weighted by molar-refractivity contribution is 0.313. The summed E-state index contributed by atoms with van der Waals surface area (Å²) >= 11 is 0. The SMILES string of the molecule is C1CN=C2C[C@@H]3CNC[C@H]3CC2C1. The molecule has 13 heavy (non-hydrogen) atoms. The van der Waals surface area contributed by atoms with Crippen molar-refractivity contribution in [2.45, 2.75) is 25.7 Å². The predicted molar refractivity (Wildman–Crippen MR) is 54.1 cm³/mol. The average molecular weight is 178 g/mol. The first kappa shape index (κ1) is 7.98. The Balaban J connectivity index is 1.80. The van der Waals surface area contributed by atoms with Gasteiger partial charge in [-0.05, 0) is 56.5 Å². The van der Waals surface area contributed by atoms with E-state index in [0.717, 1.165) is 24.3 Å². The minimum Gasteiger partial charge on any atom is -0.316 e. The second-order valence-corrected chi connectivity index (χ2v) is 4.83. The monoisotopic (exact) mass is 178 g/mol. The first-order valence-corrected chi connectivity index (χ1v) is 5.67. The van der Waals surface area contributed by atoms with Crippen molar-refractivity contribution in [2.75, 3.05) is 19.6 Å². The molecule has 1 N–H and O–H groups in total. The van der Waals surface area contributed by atoms with Gasteiger partial charge in [0.05, 0.1) is 0 Å². The summed E-state index contributed by atoms with van der Waals surface area (Å²) in [6.45, 7) is 3.63. The van der Waals surface area contributed by atoms with Crippen LogP contribution in [0.1, 0.15) is 25.7 Å². The van der Waals surface area contributed by atoms with Crippen LogP contribution in [-0.2, 0) is 0 Å². The van der Waals surface area contributed by atoms with E-state index in [1.807, 2.05) is 0 Å². The lowest BCUT2D eigenvalue weighted by atomic mass is 9.72. The molecule has 1 aliphatic carbocycles. The summed E-state index contributed by atoms with van der Waals surface area (Å²) in [7, 11) is 0. The highest BCUT2D eigenvalue weighted by Crippen LogP contribution is 2.37. The number of fused-ring (bicyclic) bond motifs is 2. The van der Waals surface area contributed by atoms with Crippen molar-refractivity contribution in [3.63, 3.8) is 0 Å². The van der Waals surface area contributed by atoms with Crippen LogP contribution in [0, 0.1) is 17.8 Å². The quantitative estimate of drug-likeness (QED) is 0.597. The molecule has 2 heteroatoms. The van der Waals surface area contributed by atoms with Crippen molar-refractivity contribution in [2.24, 2.45) is 22.7 Å². The summed E-state index contributed by atoms with van der Waals surface area (Å²) in [6, 6.07) is 0. The van der Waals surface area contributed by atoms with E-state index in [1.54, 1.807) is 5.71 Å². The maximum atomic E-state index is 4.70. The fourth-order valence-electron chi connectivity index (χ4n) is 3.28. The van der Waals surface area contributed by atoms with Gasteiger partial charge in [-0.3, -0.25) is 4.99 Å². The van der Waals surface area contributed by atoms with Crippen LogP contribution in [0.4, 0.5) is 0 Å². The molecular weight excluding hydrogens is 160 g/mol. The fourth-order valence-corrected chi connectivity index (χ4v) is 3.28. The Morgan fingerprint density at radius 1 is 1.23 bits per heavy atom. The molecule has 3 atom stereocenters. The Morgan fingerprint density at radius 2 is 2.15 bits per heavy atom. The van der Waals surface area contributed by atoms with Crippen LogP contribution in [0.25, 0.3) is 0 Å². The van der Waals surface area contributed by atoms with Gasteiger partial charge in [-0.15, -0.1) is 0 Å². The van der Waals surface area contributed by atoms with Crippen LogP contribution in [0.5, 0.6) is 0 Å². The normalized spacial score (nSPS) is 43.7. The van der Waals surface area contributed by atoms with Crippen LogP contribution >= 0.6 is 0 Å². The largest absolute Gasteiger partial charge is 0.316 e. The molecule has 0 spiro atoms. The molecule has 3 rings (SSSR count). The molecule has 0 aromatic carbocycles. The third kappa shape index (κ3) is 1.32. The first-order valence-electron chi connectivity index (χ1n) is 5.67. The van der Waals surface area contributed by atoms with E-state index in [9.17, 15) is 0 Å². The molecule has 1 unspecified atom stereocenters. The van der Waals surface area contributed by atoms with Crippen LogP contribution in [0.3, 0.4) is 0 Å². The molecule has 3 aliphatic rings. The molecule has 0 bridgehead atoms. The van der Waals surface area contributed by atoms with Crippen molar-refractivity contribution in [3.8, 4) is 0 Å². The van der Waals surface area contributed by atoms with Gasteiger partial charge >= 0.3 is 0 Å². The molecule has 1 saturated heterocycles. The molecule has 72 valence electrons. The van der Waals surface area contributed by atoms with E-state index in [0.29, 0.717) is 0 Å². The zero-order chi connectivity index (χ0) is 8.67. The van der Waals surface area contributed by atoms with Gasteiger partial charge in [0.25, 0.3) is 0 Å². The van der Waals surface area contributed by atoms with E-state index in [-0.39, 0.29) is 0 Å². The standard InChI is InChI=1S/C11H18N2/c1-2-8-4-9-6-12-7-10(9)5-11(8)13-3-1/h8-10,12H,1-7H2/t8?,9-,10-/m1/s1. The highest BCUT2D eigenvalue weighted by atomic mass is 14.9. The molecule has 2 fully saturated rings. The van der Waals surface area contributed by atoms with Crippen molar-refractivity contribution in [3.05, 3.63) is 0 Å². The second kappa shape index (κ2) is 3.09. The summed E-state index contributed by atoms with van der Waals surface area (Å²) in [4.78, 5) is 4.70. The molecule has 0 amide bonds. The van der Waals surface area contributed by atoms with E-state index in [4.69, 9.17) is 4.99 Å². The maximum Gasteiger partial charge on any atom is 0.0389 e. The Bertz CT molecular complexity index is 234. The molecule has 2 nitrogen and oxygen atoms in total. The lowest BCUT2D eigenvalue weighted by Gasteiger charge is -2.34. The van der Waals surface area contributed by atoms with Gasteiger partial charge in [-0.2, -0.15) is 0 Å². The van der Waals surface area contributed by atoms with Crippen molar-refractivity contribution >= 4 is 5.71 Å². The van der Waals surface area contributed by atoms with Gasteiger partial charge in [0.15, 0.2) is 0 Å². The zero-order valence-electron chi connectivity index (χ0n) is 8.13. The number of aliphatic imine (C=N–C) groups is 1. The average Bonchev–Trinajstić information content (AvgIpc) is 2.61. The maximum absolute atomic E-state index is 4.70. The Kier molecular flexibility index (Phi) is 1.90. The number of hydrogen-bond donors (Lipinski definition) is 1. The minimum atomic E-state index is 0.870. The molecule has 2 aliphatic heterocycles. The van der Waals surface area contributed by atoms with Crippen LogP contribution in [0.2, 0.25) is 0 Å². The number of nitrogens with zero attached hydrogens (tertiary/aromatic N) is 1. The third-order valence-corrected chi connectivity index (χ3v) is 4.04. The first-order chi connectivity index (χ1) is 6.43. The topological polar surface area (TPSA) is 24.4 Å². The number of hydrogen-bond acceptors (Lipinski definition) is 2. The van der Waals surface area contributed by atoms with Crippen molar-refractivity contribution in [1.29, 1.82) is 0 Å². The van der Waals surface area contributed by atoms with Crippen LogP contribution < -0.4 is 5.32 Å². The molecular formula is C11H18N2. The smallest absolute Gasteiger partial charge is 0.0389 e. The third-order valence-electron chi connectivity index (χ3n) is 4.04. The summed E-state index contributed by atoms with van der Waals surface area (Å²) in [6.07, 6.45) is 5.49. The van der Waals surface area contributed by atoms with E-state index >= 15 is 0 Å². The highest BCUT2D eigenvalue weighted by molar-refractivity contribution is 5.88. The Labute approximate surface area is 79.8 Å². The molecule has 2 heterocycles. The number of rotatable bonds is 0. The zero-order valence-corrected chi connectivity index (χ0v) is 8.13. The van der Waals surface area contributed by atoms with E-state index < -0.39 is 0 Å². The van der Waals surface area contributed by atoms with Gasteiger partial charge in [0, 0.05) is 12.3 Å². The molecule has 0 aromatic heterocycles. The Hall–Kier alpha value is -0.370. The van der Waals surface area contributed by atoms with E-state index in [2.05, 4.69) is 5.32 Å². The van der Waals surface area contributed by atoms with Crippen molar-refractivity contribution in [1.82, 2.24) is 5.32 Å². The second-order valence-electron chi connectivity index (χ2n) is 4.83. The van der Waals surface area contributed by atoms with E-state index in [1.165, 1.54) is 38.8 Å². The summed E-state index contributed by atoms with van der Waals surface area (Å²) in [5, 5.41) is 3.52. The molecule has 0 aromatic rings. The summed E-state index contributed by atoms with van der Waals surface area (Å²) in [5.41, 5.74) is 1.57. The highest BCUT2D eigenvalue weighted by Gasteiger charge is 2.37. The van der Waals surface area contributed by atoms with Gasteiger partial charge in [0.1, 0.15) is 0 Å². The van der Waals surface area contributed by atoms with Crippen LogP contribution in [-0.4, -0.2) is 25.3 Å². The van der Waals surface area contributed by atoms with Gasteiger partial charge in [-0.1, -0.05) is 0 Å². The van der Waals surface area contributed by atoms with Gasteiger partial charge < -0.3 is 5.32 Å². The summed E-state index contributed by atoms with van der Waals surface area (Å²) < 4.78 is 0.